The van der Waals surface area contributed by atoms with Crippen molar-refractivity contribution in [3.63, 3.8) is 0 Å². The number of nitrogens with zero attached hydrogens (tertiary/aromatic N) is 1. The highest BCUT2D eigenvalue weighted by molar-refractivity contribution is 5.80. The lowest BCUT2D eigenvalue weighted by Gasteiger charge is -2.22. The van der Waals surface area contributed by atoms with Crippen LogP contribution in [0.25, 0.3) is 0 Å². The van der Waals surface area contributed by atoms with Gasteiger partial charge in [0.25, 0.3) is 0 Å². The van der Waals surface area contributed by atoms with Crippen LogP contribution in [0, 0.1) is 0 Å². The quantitative estimate of drug-likeness (QED) is 0.579. The van der Waals surface area contributed by atoms with Crippen LogP contribution in [0.5, 0.6) is 0 Å². The van der Waals surface area contributed by atoms with Gasteiger partial charge in [0.1, 0.15) is 0 Å². The minimum absolute atomic E-state index is 0.335. The lowest BCUT2D eigenvalue weighted by molar-refractivity contribution is -0.0390. The Balaban J connectivity index is 1.52. The van der Waals surface area contributed by atoms with Crippen LogP contribution in [0.15, 0.2) is 29.3 Å². The molecule has 1 heterocycles. The number of hydrogen-bond acceptors (Lipinski definition) is 3. The van der Waals surface area contributed by atoms with Crippen LogP contribution in [0.2, 0.25) is 0 Å². The van der Waals surface area contributed by atoms with Gasteiger partial charge in [0.05, 0.1) is 19.3 Å². The highest BCUT2D eigenvalue weighted by atomic mass is 16.5. The molecule has 0 aromatic heterocycles. The summed E-state index contributed by atoms with van der Waals surface area (Å²) < 4.78 is 11.4. The zero-order valence-electron chi connectivity index (χ0n) is 16.0. The van der Waals surface area contributed by atoms with E-state index in [1.807, 2.05) is 0 Å². The van der Waals surface area contributed by atoms with Crippen LogP contribution >= 0.6 is 0 Å². The first-order valence-corrected chi connectivity index (χ1v) is 10.2. The number of rotatable bonds is 7. The number of ether oxygens (including phenoxy) is 2. The molecule has 0 radical (unpaired) electrons. The van der Waals surface area contributed by atoms with Gasteiger partial charge in [0.15, 0.2) is 5.96 Å². The van der Waals surface area contributed by atoms with E-state index in [2.05, 4.69) is 41.8 Å². The molecule has 0 spiro atoms. The normalized spacial score (nSPS) is 19.7. The molecule has 0 amide bonds. The molecule has 0 unspecified atom stereocenters. The second-order valence-corrected chi connectivity index (χ2v) is 7.26. The Kier molecular flexibility index (Phi) is 7.77. The molecule has 0 bridgehead atoms. The third-order valence-electron chi connectivity index (χ3n) is 5.11. The maximum atomic E-state index is 6.04. The number of hydrogen-bond donors (Lipinski definition) is 2. The zero-order valence-corrected chi connectivity index (χ0v) is 16.0. The summed E-state index contributed by atoms with van der Waals surface area (Å²) in [6, 6.07) is 9.16. The Morgan fingerprint density at radius 2 is 1.92 bits per heavy atom. The Labute approximate surface area is 157 Å². The molecule has 1 aromatic rings. The molecule has 1 saturated heterocycles. The SMILES string of the molecule is CCNC(=NCc1cccc(COC2CCOCC2)c1)NC1CCCC1. The predicted molar refractivity (Wildman–Crippen MR) is 105 cm³/mol. The Morgan fingerprint density at radius 1 is 1.15 bits per heavy atom. The van der Waals surface area contributed by atoms with Crippen LogP contribution in [-0.4, -0.2) is 37.9 Å². The summed E-state index contributed by atoms with van der Waals surface area (Å²) in [5.74, 6) is 0.934. The van der Waals surface area contributed by atoms with E-state index in [0.29, 0.717) is 25.3 Å². The summed E-state index contributed by atoms with van der Waals surface area (Å²) in [5, 5.41) is 6.94. The van der Waals surface area contributed by atoms with Gasteiger partial charge in [-0.05, 0) is 43.7 Å². The van der Waals surface area contributed by atoms with Crippen LogP contribution < -0.4 is 10.6 Å². The van der Waals surface area contributed by atoms with E-state index in [1.54, 1.807) is 0 Å². The number of guanidine groups is 1. The van der Waals surface area contributed by atoms with Crippen molar-refractivity contribution in [2.24, 2.45) is 4.99 Å². The van der Waals surface area contributed by atoms with Crippen molar-refractivity contribution >= 4 is 5.96 Å². The largest absolute Gasteiger partial charge is 0.381 e. The van der Waals surface area contributed by atoms with E-state index in [9.17, 15) is 0 Å². The highest BCUT2D eigenvalue weighted by Gasteiger charge is 2.16. The lowest BCUT2D eigenvalue weighted by atomic mass is 10.1. The van der Waals surface area contributed by atoms with E-state index < -0.39 is 0 Å². The molecular weight excluding hydrogens is 326 g/mol. The molecule has 5 heteroatoms. The van der Waals surface area contributed by atoms with Gasteiger partial charge < -0.3 is 20.1 Å². The standard InChI is InChI=1S/C21H33N3O2/c1-2-22-21(24-19-8-3-4-9-19)23-15-17-6-5-7-18(14-17)16-26-20-10-12-25-13-11-20/h5-7,14,19-20H,2-4,8-13,15-16H2,1H3,(H2,22,23,24). The monoisotopic (exact) mass is 359 g/mol. The summed E-state index contributed by atoms with van der Waals surface area (Å²) in [6.45, 7) is 5.99. The van der Waals surface area contributed by atoms with E-state index >= 15 is 0 Å². The predicted octanol–water partition coefficient (Wildman–Crippen LogP) is 3.38. The van der Waals surface area contributed by atoms with Gasteiger partial charge in [-0.25, -0.2) is 4.99 Å². The van der Waals surface area contributed by atoms with E-state index in [1.165, 1.54) is 36.8 Å². The van der Waals surface area contributed by atoms with Crippen molar-refractivity contribution in [3.05, 3.63) is 35.4 Å². The highest BCUT2D eigenvalue weighted by Crippen LogP contribution is 2.18. The fraction of sp³-hybridized carbons (Fsp3) is 0.667. The average molecular weight is 360 g/mol. The molecule has 26 heavy (non-hydrogen) atoms. The first-order valence-electron chi connectivity index (χ1n) is 10.2. The summed E-state index contributed by atoms with van der Waals surface area (Å²) in [6.07, 6.45) is 7.50. The molecule has 3 rings (SSSR count). The van der Waals surface area contributed by atoms with Crippen LogP contribution in [0.1, 0.15) is 56.6 Å². The van der Waals surface area contributed by atoms with E-state index in [4.69, 9.17) is 14.5 Å². The summed E-state index contributed by atoms with van der Waals surface area (Å²) in [5.41, 5.74) is 2.44. The van der Waals surface area contributed by atoms with Gasteiger partial charge in [-0.2, -0.15) is 0 Å². The molecule has 1 saturated carbocycles. The van der Waals surface area contributed by atoms with Gasteiger partial charge in [-0.15, -0.1) is 0 Å². The Bertz CT molecular complexity index is 564. The molecule has 0 atom stereocenters. The van der Waals surface area contributed by atoms with Crippen molar-refractivity contribution < 1.29 is 9.47 Å². The molecule has 2 fully saturated rings. The number of benzene rings is 1. The topological polar surface area (TPSA) is 54.9 Å². The Morgan fingerprint density at radius 3 is 2.69 bits per heavy atom. The molecule has 1 aromatic carbocycles. The third-order valence-corrected chi connectivity index (χ3v) is 5.11. The van der Waals surface area contributed by atoms with Gasteiger partial charge >= 0.3 is 0 Å². The Hall–Kier alpha value is -1.59. The maximum absolute atomic E-state index is 6.04. The lowest BCUT2D eigenvalue weighted by Crippen LogP contribution is -2.42. The van der Waals surface area contributed by atoms with Crippen molar-refractivity contribution in [1.82, 2.24) is 10.6 Å². The fourth-order valence-corrected chi connectivity index (χ4v) is 3.63. The second kappa shape index (κ2) is 10.5. The molecular formula is C21H33N3O2. The second-order valence-electron chi connectivity index (χ2n) is 7.26. The van der Waals surface area contributed by atoms with Gasteiger partial charge in [-0.3, -0.25) is 0 Å². The smallest absolute Gasteiger partial charge is 0.191 e. The first kappa shape index (κ1) is 19.2. The first-order chi connectivity index (χ1) is 12.8. The number of nitrogens with one attached hydrogen (secondary N) is 2. The molecule has 1 aliphatic carbocycles. The van der Waals surface area contributed by atoms with Crippen molar-refractivity contribution in [2.45, 2.75) is 70.7 Å². The summed E-state index contributed by atoms with van der Waals surface area (Å²) in [4.78, 5) is 4.78. The van der Waals surface area contributed by atoms with Gasteiger partial charge in [-0.1, -0.05) is 37.1 Å². The average Bonchev–Trinajstić information content (AvgIpc) is 3.19. The maximum Gasteiger partial charge on any atom is 0.191 e. The molecule has 1 aliphatic heterocycles. The molecule has 144 valence electrons. The van der Waals surface area contributed by atoms with Crippen molar-refractivity contribution in [2.75, 3.05) is 19.8 Å². The molecule has 2 aliphatic rings. The van der Waals surface area contributed by atoms with E-state index in [0.717, 1.165) is 38.6 Å². The van der Waals surface area contributed by atoms with Crippen LogP contribution in [-0.2, 0) is 22.6 Å². The van der Waals surface area contributed by atoms with Crippen LogP contribution in [0.4, 0.5) is 0 Å². The van der Waals surface area contributed by atoms with Gasteiger partial charge in [0.2, 0.25) is 0 Å². The summed E-state index contributed by atoms with van der Waals surface area (Å²) >= 11 is 0. The minimum Gasteiger partial charge on any atom is -0.381 e. The molecule has 2 N–H and O–H groups in total. The fourth-order valence-electron chi connectivity index (χ4n) is 3.63. The minimum atomic E-state index is 0.335. The molecule has 5 nitrogen and oxygen atoms in total. The summed E-state index contributed by atoms with van der Waals surface area (Å²) in [7, 11) is 0. The third kappa shape index (κ3) is 6.29. The van der Waals surface area contributed by atoms with Crippen LogP contribution in [0.3, 0.4) is 0 Å². The number of aliphatic imine (C=N–C) groups is 1. The van der Waals surface area contributed by atoms with Crippen molar-refractivity contribution in [1.29, 1.82) is 0 Å². The van der Waals surface area contributed by atoms with Gasteiger partial charge in [0, 0.05) is 25.8 Å². The zero-order chi connectivity index (χ0) is 18.0. The van der Waals surface area contributed by atoms with Crippen molar-refractivity contribution in [3.8, 4) is 0 Å². The van der Waals surface area contributed by atoms with E-state index in [-0.39, 0.29) is 0 Å².